The maximum absolute atomic E-state index is 13.7. The largest absolute Gasteiger partial charge is 0.354 e. The van der Waals surface area contributed by atoms with Crippen LogP contribution in [-0.4, -0.2) is 4.98 Å². The highest BCUT2D eigenvalue weighted by Crippen LogP contribution is 2.49. The molecular formula is C29H21FN2S. The van der Waals surface area contributed by atoms with Crippen molar-refractivity contribution < 1.29 is 4.39 Å². The van der Waals surface area contributed by atoms with E-state index in [1.54, 1.807) is 0 Å². The van der Waals surface area contributed by atoms with E-state index in [4.69, 9.17) is 0 Å². The van der Waals surface area contributed by atoms with Crippen molar-refractivity contribution in [1.82, 2.24) is 4.98 Å². The van der Waals surface area contributed by atoms with Gasteiger partial charge in [0.05, 0.1) is 16.6 Å². The van der Waals surface area contributed by atoms with Gasteiger partial charge in [0.1, 0.15) is 5.82 Å². The molecule has 6 rings (SSSR count). The van der Waals surface area contributed by atoms with Crippen molar-refractivity contribution in [3.63, 3.8) is 0 Å². The van der Waals surface area contributed by atoms with Crippen LogP contribution in [0.5, 0.6) is 0 Å². The first kappa shape index (κ1) is 19.9. The molecule has 1 atom stereocenters. The molecule has 0 radical (unpaired) electrons. The molecule has 0 fully saturated rings. The number of hydrogen-bond acceptors (Lipinski definition) is 2. The molecular weight excluding hydrogens is 427 g/mol. The maximum atomic E-state index is 13.7. The minimum absolute atomic E-state index is 0.0487. The summed E-state index contributed by atoms with van der Waals surface area (Å²) < 4.78 is 13.7. The molecule has 33 heavy (non-hydrogen) atoms. The van der Waals surface area contributed by atoms with E-state index in [0.717, 1.165) is 33.7 Å². The second kappa shape index (κ2) is 8.30. The van der Waals surface area contributed by atoms with Crippen molar-refractivity contribution in [3.05, 3.63) is 126 Å². The number of nitrogens with one attached hydrogen (secondary N) is 2. The number of aromatic amines is 1. The highest BCUT2D eigenvalue weighted by atomic mass is 32.2. The number of hydrogen-bond donors (Lipinski definition) is 2. The molecule has 5 aromatic rings. The molecule has 0 saturated carbocycles. The number of para-hydroxylation sites is 2. The van der Waals surface area contributed by atoms with Crippen LogP contribution in [0.25, 0.3) is 27.9 Å². The lowest BCUT2D eigenvalue weighted by Crippen LogP contribution is -1.99. The number of benzene rings is 4. The van der Waals surface area contributed by atoms with E-state index in [9.17, 15) is 4.39 Å². The Morgan fingerprint density at radius 1 is 0.697 bits per heavy atom. The molecule has 0 aliphatic carbocycles. The minimum Gasteiger partial charge on any atom is -0.354 e. The summed E-state index contributed by atoms with van der Waals surface area (Å²) in [5, 5.41) is 4.89. The van der Waals surface area contributed by atoms with Gasteiger partial charge in [-0.3, -0.25) is 0 Å². The normalized spacial score (nSPS) is 15.4. The fourth-order valence-corrected chi connectivity index (χ4v) is 5.66. The Morgan fingerprint density at radius 3 is 2.27 bits per heavy atom. The first-order valence-corrected chi connectivity index (χ1v) is 11.8. The quantitative estimate of drug-likeness (QED) is 0.291. The maximum Gasteiger partial charge on any atom is 0.123 e. The van der Waals surface area contributed by atoms with Gasteiger partial charge in [-0.1, -0.05) is 60.7 Å². The average Bonchev–Trinajstić information content (AvgIpc) is 3.13. The molecule has 4 aromatic carbocycles. The van der Waals surface area contributed by atoms with Crippen molar-refractivity contribution in [2.45, 2.75) is 10.1 Å². The van der Waals surface area contributed by atoms with E-state index in [1.807, 2.05) is 36.0 Å². The SMILES string of the molecule is Fc1ccc(-c2[nH]c3ccccc3c2C2C=C(c3ccccc3)Nc3ccccc3S2)cc1. The third kappa shape index (κ3) is 3.73. The molecule has 160 valence electrons. The summed E-state index contributed by atoms with van der Waals surface area (Å²) >= 11 is 1.83. The number of halogens is 1. The van der Waals surface area contributed by atoms with Crippen molar-refractivity contribution in [3.8, 4) is 11.3 Å². The second-order valence-corrected chi connectivity index (χ2v) is 9.26. The topological polar surface area (TPSA) is 27.8 Å². The van der Waals surface area contributed by atoms with Crippen LogP contribution in [0.15, 0.2) is 114 Å². The summed E-state index contributed by atoms with van der Waals surface area (Å²) in [5.41, 5.74) is 7.60. The van der Waals surface area contributed by atoms with E-state index in [2.05, 4.69) is 83.1 Å². The van der Waals surface area contributed by atoms with Gasteiger partial charge in [0, 0.05) is 27.1 Å². The van der Waals surface area contributed by atoms with E-state index in [0.29, 0.717) is 0 Å². The summed E-state index contributed by atoms with van der Waals surface area (Å²) in [5.74, 6) is -0.232. The van der Waals surface area contributed by atoms with Gasteiger partial charge in [-0.05, 0) is 59.7 Å². The van der Waals surface area contributed by atoms with Gasteiger partial charge in [0.2, 0.25) is 0 Å². The summed E-state index contributed by atoms with van der Waals surface area (Å²) in [6.45, 7) is 0. The lowest BCUT2D eigenvalue weighted by Gasteiger charge is -2.15. The Hall–Kier alpha value is -3.76. The van der Waals surface area contributed by atoms with Crippen molar-refractivity contribution in [2.75, 3.05) is 5.32 Å². The van der Waals surface area contributed by atoms with Crippen LogP contribution in [0, 0.1) is 5.82 Å². The lowest BCUT2D eigenvalue weighted by atomic mass is 10.0. The Bertz CT molecular complexity index is 1470. The highest BCUT2D eigenvalue weighted by Gasteiger charge is 2.25. The average molecular weight is 449 g/mol. The van der Waals surface area contributed by atoms with Gasteiger partial charge in [-0.2, -0.15) is 0 Å². The van der Waals surface area contributed by atoms with Crippen LogP contribution < -0.4 is 5.32 Å². The summed E-state index contributed by atoms with van der Waals surface area (Å²) in [6, 6.07) is 33.9. The van der Waals surface area contributed by atoms with E-state index in [-0.39, 0.29) is 11.1 Å². The van der Waals surface area contributed by atoms with Crippen LogP contribution in [0.1, 0.15) is 16.4 Å². The standard InChI is InChI=1S/C29H21FN2S/c30-21-16-14-20(15-17-21)29-28(22-10-4-5-11-23(22)32-29)27-18-25(19-8-2-1-3-9-19)31-24-12-6-7-13-26(24)33-27/h1-18,27,31-32H. The first-order valence-electron chi connectivity index (χ1n) is 10.9. The zero-order valence-electron chi connectivity index (χ0n) is 17.8. The molecule has 1 aliphatic rings. The monoisotopic (exact) mass is 448 g/mol. The fourth-order valence-electron chi connectivity index (χ4n) is 4.41. The van der Waals surface area contributed by atoms with Crippen LogP contribution >= 0.6 is 11.8 Å². The molecule has 1 unspecified atom stereocenters. The predicted molar refractivity (Wildman–Crippen MR) is 137 cm³/mol. The van der Waals surface area contributed by atoms with Gasteiger partial charge in [0.25, 0.3) is 0 Å². The Kier molecular flexibility index (Phi) is 5.00. The number of aromatic nitrogens is 1. The van der Waals surface area contributed by atoms with Crippen LogP contribution in [0.4, 0.5) is 10.1 Å². The summed E-state index contributed by atoms with van der Waals surface area (Å²) in [6.07, 6.45) is 2.31. The molecule has 2 N–H and O–H groups in total. The number of thioether (sulfide) groups is 1. The second-order valence-electron chi connectivity index (χ2n) is 8.07. The number of anilines is 1. The smallest absolute Gasteiger partial charge is 0.123 e. The van der Waals surface area contributed by atoms with Gasteiger partial charge in [-0.25, -0.2) is 4.39 Å². The molecule has 0 bridgehead atoms. The highest BCUT2D eigenvalue weighted by molar-refractivity contribution is 8.00. The Balaban J connectivity index is 1.59. The molecule has 0 amide bonds. The Morgan fingerprint density at radius 2 is 1.42 bits per heavy atom. The van der Waals surface area contributed by atoms with Gasteiger partial charge in [-0.15, -0.1) is 11.8 Å². The Labute approximate surface area is 196 Å². The molecule has 1 aliphatic heterocycles. The number of fused-ring (bicyclic) bond motifs is 2. The van der Waals surface area contributed by atoms with E-state index in [1.165, 1.54) is 28.0 Å². The molecule has 0 spiro atoms. The van der Waals surface area contributed by atoms with Crippen molar-refractivity contribution in [1.29, 1.82) is 0 Å². The van der Waals surface area contributed by atoms with Crippen LogP contribution in [0.3, 0.4) is 0 Å². The first-order chi connectivity index (χ1) is 16.3. The number of rotatable bonds is 3. The van der Waals surface area contributed by atoms with Gasteiger partial charge in [0.15, 0.2) is 0 Å². The summed E-state index contributed by atoms with van der Waals surface area (Å²) in [7, 11) is 0. The third-order valence-corrected chi connectivity index (χ3v) is 7.21. The van der Waals surface area contributed by atoms with Crippen molar-refractivity contribution >= 4 is 34.0 Å². The summed E-state index contributed by atoms with van der Waals surface area (Å²) in [4.78, 5) is 4.81. The zero-order chi connectivity index (χ0) is 22.2. The lowest BCUT2D eigenvalue weighted by molar-refractivity contribution is 0.628. The van der Waals surface area contributed by atoms with Crippen LogP contribution in [0.2, 0.25) is 0 Å². The van der Waals surface area contributed by atoms with Crippen molar-refractivity contribution in [2.24, 2.45) is 0 Å². The van der Waals surface area contributed by atoms with Gasteiger partial charge < -0.3 is 10.3 Å². The minimum atomic E-state index is -0.232. The van der Waals surface area contributed by atoms with Gasteiger partial charge >= 0.3 is 0 Å². The molecule has 2 heterocycles. The predicted octanol–water partition coefficient (Wildman–Crippen LogP) is 8.27. The third-order valence-electron chi connectivity index (χ3n) is 5.98. The molecule has 0 saturated heterocycles. The van der Waals surface area contributed by atoms with E-state index >= 15 is 0 Å². The zero-order valence-corrected chi connectivity index (χ0v) is 18.6. The molecule has 4 heteroatoms. The molecule has 1 aromatic heterocycles. The van der Waals surface area contributed by atoms with Crippen LogP contribution in [-0.2, 0) is 0 Å². The fraction of sp³-hybridized carbons (Fsp3) is 0.0345. The number of H-pyrrole nitrogens is 1. The van der Waals surface area contributed by atoms with E-state index < -0.39 is 0 Å². The molecule has 2 nitrogen and oxygen atoms in total.